The fraction of sp³-hybridized carbons (Fsp3) is 0.242. The molecule has 0 heterocycles. The Labute approximate surface area is 224 Å². The highest BCUT2D eigenvalue weighted by molar-refractivity contribution is 8.00. The smallest absolute Gasteiger partial charge is 0.308 e. The highest BCUT2D eigenvalue weighted by Gasteiger charge is 2.36. The number of thioether (sulfide) groups is 1. The van der Waals surface area contributed by atoms with Gasteiger partial charge < -0.3 is 9.84 Å². The predicted molar refractivity (Wildman–Crippen MR) is 153 cm³/mol. The van der Waals surface area contributed by atoms with Crippen molar-refractivity contribution in [1.29, 1.82) is 0 Å². The first-order valence-electron chi connectivity index (χ1n) is 12.9. The molecular weight excluding hydrogens is 476 g/mol. The molecule has 0 atom stereocenters. The van der Waals surface area contributed by atoms with Gasteiger partial charge in [-0.05, 0) is 65.5 Å². The maximum atomic E-state index is 11.2. The number of unbranched alkanes of at least 4 members (excludes halogenated alkanes) is 3. The first kappa shape index (κ1) is 26.6. The van der Waals surface area contributed by atoms with Gasteiger partial charge in [0.15, 0.2) is 0 Å². The molecule has 0 aliphatic carbocycles. The summed E-state index contributed by atoms with van der Waals surface area (Å²) in [6, 6.07) is 37.4. The Kier molecular flexibility index (Phi) is 9.45. The molecule has 0 radical (unpaired) electrons. The fourth-order valence-electron chi connectivity index (χ4n) is 4.76. The maximum Gasteiger partial charge on any atom is 0.308 e. The molecule has 0 saturated heterocycles. The quantitative estimate of drug-likeness (QED) is 0.0904. The number of aromatic hydroxyl groups is 1. The summed E-state index contributed by atoms with van der Waals surface area (Å²) in [4.78, 5) is 11.2. The van der Waals surface area contributed by atoms with Gasteiger partial charge in [0.1, 0.15) is 11.5 Å². The molecule has 190 valence electrons. The Bertz CT molecular complexity index is 1160. The Hall–Kier alpha value is -3.50. The molecular formula is C33H34O3S. The van der Waals surface area contributed by atoms with E-state index in [4.69, 9.17) is 4.74 Å². The van der Waals surface area contributed by atoms with Crippen LogP contribution < -0.4 is 4.74 Å². The highest BCUT2D eigenvalue weighted by Crippen LogP contribution is 2.48. The van der Waals surface area contributed by atoms with Crippen molar-refractivity contribution >= 4 is 17.7 Å². The van der Waals surface area contributed by atoms with Crippen molar-refractivity contribution in [2.75, 3.05) is 5.75 Å². The number of phenolic OH excluding ortho intramolecular Hbond substituents is 1. The monoisotopic (exact) mass is 510 g/mol. The lowest BCUT2D eigenvalue weighted by Crippen LogP contribution is -2.26. The number of carbonyl (C=O) groups excluding carboxylic acids is 1. The molecule has 1 N–H and O–H groups in total. The third-order valence-electron chi connectivity index (χ3n) is 6.51. The first-order valence-corrected chi connectivity index (χ1v) is 13.9. The summed E-state index contributed by atoms with van der Waals surface area (Å²) in [6.45, 7) is 1.38. The second kappa shape index (κ2) is 13.2. The molecule has 0 spiro atoms. The lowest BCUT2D eigenvalue weighted by molar-refractivity contribution is -0.131. The van der Waals surface area contributed by atoms with E-state index in [0.29, 0.717) is 5.75 Å². The number of ether oxygens (including phenoxy) is 1. The SMILES string of the molecule is CC(=O)Oc1ccc(O)c(CCCCCCSC(c2ccccc2)(c2ccccc2)c2ccccc2)c1. The molecule has 0 fully saturated rings. The zero-order chi connectivity index (χ0) is 25.9. The van der Waals surface area contributed by atoms with E-state index in [9.17, 15) is 9.90 Å². The van der Waals surface area contributed by atoms with Crippen LogP contribution in [-0.4, -0.2) is 16.8 Å². The Balaban J connectivity index is 1.41. The van der Waals surface area contributed by atoms with Crippen LogP contribution in [-0.2, 0) is 16.0 Å². The topological polar surface area (TPSA) is 46.5 Å². The number of aryl methyl sites for hydroxylation is 1. The summed E-state index contributed by atoms with van der Waals surface area (Å²) in [7, 11) is 0. The summed E-state index contributed by atoms with van der Waals surface area (Å²) in [6.07, 6.45) is 5.04. The van der Waals surface area contributed by atoms with Crippen LogP contribution in [0, 0.1) is 0 Å². The van der Waals surface area contributed by atoms with Gasteiger partial charge in [0.05, 0.1) is 4.75 Å². The Morgan fingerprint density at radius 1 is 0.730 bits per heavy atom. The molecule has 0 saturated carbocycles. The van der Waals surface area contributed by atoms with Crippen molar-refractivity contribution in [3.63, 3.8) is 0 Å². The number of esters is 1. The van der Waals surface area contributed by atoms with E-state index >= 15 is 0 Å². The van der Waals surface area contributed by atoms with E-state index in [1.165, 1.54) is 23.6 Å². The van der Waals surface area contributed by atoms with Crippen molar-refractivity contribution in [3.8, 4) is 11.5 Å². The highest BCUT2D eigenvalue weighted by atomic mass is 32.2. The van der Waals surface area contributed by atoms with Gasteiger partial charge >= 0.3 is 5.97 Å². The zero-order valence-electron chi connectivity index (χ0n) is 21.3. The predicted octanol–water partition coefficient (Wildman–Crippen LogP) is 8.15. The van der Waals surface area contributed by atoms with E-state index in [1.807, 2.05) is 11.8 Å². The number of benzene rings is 4. The molecule has 0 bridgehead atoms. The summed E-state index contributed by atoms with van der Waals surface area (Å²) in [5.74, 6) is 1.42. The van der Waals surface area contributed by atoms with E-state index in [1.54, 1.807) is 18.2 Å². The summed E-state index contributed by atoms with van der Waals surface area (Å²) in [5.41, 5.74) is 4.70. The molecule has 0 aromatic heterocycles. The van der Waals surface area contributed by atoms with Gasteiger partial charge in [0.25, 0.3) is 0 Å². The van der Waals surface area contributed by atoms with Gasteiger partial charge in [0.2, 0.25) is 0 Å². The average molecular weight is 511 g/mol. The fourth-order valence-corrected chi connectivity index (χ4v) is 6.32. The molecule has 37 heavy (non-hydrogen) atoms. The molecule has 4 aromatic rings. The number of hydrogen-bond donors (Lipinski definition) is 1. The molecule has 3 nitrogen and oxygen atoms in total. The van der Waals surface area contributed by atoms with Crippen LogP contribution >= 0.6 is 11.8 Å². The second-order valence-electron chi connectivity index (χ2n) is 9.18. The summed E-state index contributed by atoms with van der Waals surface area (Å²) < 4.78 is 4.89. The van der Waals surface area contributed by atoms with Crippen molar-refractivity contribution in [1.82, 2.24) is 0 Å². The maximum absolute atomic E-state index is 11.2. The van der Waals surface area contributed by atoms with Gasteiger partial charge in [-0.3, -0.25) is 4.79 Å². The standard InChI is InChI=1S/C33H34O3S/c1-26(34)36-31-22-23-32(35)27(25-31)15-7-2-3-14-24-37-33(28-16-8-4-9-17-28,29-18-10-5-11-19-29)30-20-12-6-13-21-30/h4-6,8-13,16-23,25,35H,2-3,7,14-15,24H2,1H3. The van der Waals surface area contributed by atoms with Gasteiger partial charge in [-0.1, -0.05) is 104 Å². The van der Waals surface area contributed by atoms with Gasteiger partial charge in [-0.2, -0.15) is 0 Å². The molecule has 4 heteroatoms. The minimum Gasteiger partial charge on any atom is -0.508 e. The minimum absolute atomic E-state index is 0.254. The molecule has 4 rings (SSSR count). The second-order valence-corrected chi connectivity index (χ2v) is 10.5. The van der Waals surface area contributed by atoms with E-state index in [0.717, 1.165) is 43.4 Å². The molecule has 0 aliphatic heterocycles. The van der Waals surface area contributed by atoms with Crippen LogP contribution in [0.4, 0.5) is 0 Å². The zero-order valence-corrected chi connectivity index (χ0v) is 22.1. The van der Waals surface area contributed by atoms with Gasteiger partial charge in [0, 0.05) is 6.92 Å². The third-order valence-corrected chi connectivity index (χ3v) is 8.15. The number of carbonyl (C=O) groups is 1. The van der Waals surface area contributed by atoms with E-state index in [-0.39, 0.29) is 16.5 Å². The molecule has 0 unspecified atom stereocenters. The largest absolute Gasteiger partial charge is 0.508 e. The van der Waals surface area contributed by atoms with E-state index < -0.39 is 0 Å². The van der Waals surface area contributed by atoms with Crippen molar-refractivity contribution in [2.24, 2.45) is 0 Å². The van der Waals surface area contributed by atoms with Gasteiger partial charge in [-0.15, -0.1) is 11.8 Å². The molecule has 0 aliphatic rings. The Morgan fingerprint density at radius 3 is 1.76 bits per heavy atom. The van der Waals surface area contributed by atoms with Crippen molar-refractivity contribution < 1.29 is 14.6 Å². The van der Waals surface area contributed by atoms with Crippen LogP contribution in [0.15, 0.2) is 109 Å². The number of phenols is 1. The molecule has 4 aromatic carbocycles. The summed E-state index contributed by atoms with van der Waals surface area (Å²) >= 11 is 2.00. The first-order chi connectivity index (χ1) is 18.1. The average Bonchev–Trinajstić information content (AvgIpc) is 2.93. The lowest BCUT2D eigenvalue weighted by Gasteiger charge is -2.35. The normalized spacial score (nSPS) is 11.3. The molecule has 0 amide bonds. The number of rotatable bonds is 12. The van der Waals surface area contributed by atoms with Crippen LogP contribution in [0.2, 0.25) is 0 Å². The summed E-state index contributed by atoms with van der Waals surface area (Å²) in [5, 5.41) is 10.2. The number of hydrogen-bond acceptors (Lipinski definition) is 4. The third kappa shape index (κ3) is 6.84. The van der Waals surface area contributed by atoms with E-state index in [2.05, 4.69) is 91.0 Å². The van der Waals surface area contributed by atoms with Crippen LogP contribution in [0.1, 0.15) is 54.9 Å². The van der Waals surface area contributed by atoms with Gasteiger partial charge in [-0.25, -0.2) is 0 Å². The van der Waals surface area contributed by atoms with Crippen LogP contribution in [0.5, 0.6) is 11.5 Å². The van der Waals surface area contributed by atoms with Crippen molar-refractivity contribution in [3.05, 3.63) is 131 Å². The van der Waals surface area contributed by atoms with Crippen LogP contribution in [0.3, 0.4) is 0 Å². The minimum atomic E-state index is -0.355. The Morgan fingerprint density at radius 2 is 1.24 bits per heavy atom. The van der Waals surface area contributed by atoms with Crippen molar-refractivity contribution in [2.45, 2.75) is 43.8 Å². The van der Waals surface area contributed by atoms with Crippen LogP contribution in [0.25, 0.3) is 0 Å². The lowest BCUT2D eigenvalue weighted by atomic mass is 9.84.